The zero-order valence-electron chi connectivity index (χ0n) is 13.2. The highest BCUT2D eigenvalue weighted by molar-refractivity contribution is 5.94. The summed E-state index contributed by atoms with van der Waals surface area (Å²) in [6.45, 7) is 2.19. The lowest BCUT2D eigenvalue weighted by Crippen LogP contribution is -2.26. The number of phenolic OH excluding ortho intramolecular Hbond substituents is 1. The molecule has 116 valence electrons. The van der Waals surface area contributed by atoms with Crippen LogP contribution in [0.5, 0.6) is 5.75 Å². The molecule has 0 unspecified atom stereocenters. The molecule has 0 aliphatic rings. The monoisotopic (exact) mass is 300 g/mol. The van der Waals surface area contributed by atoms with Crippen molar-refractivity contribution in [1.82, 2.24) is 14.9 Å². The van der Waals surface area contributed by atoms with Gasteiger partial charge in [-0.15, -0.1) is 0 Å². The van der Waals surface area contributed by atoms with Crippen LogP contribution < -0.4 is 4.90 Å². The van der Waals surface area contributed by atoms with E-state index in [0.29, 0.717) is 18.1 Å². The zero-order chi connectivity index (χ0) is 16.3. The molecule has 1 aromatic carbocycles. The number of carbonyl (C=O) groups is 1. The van der Waals surface area contributed by atoms with Crippen molar-refractivity contribution >= 4 is 11.9 Å². The van der Waals surface area contributed by atoms with Crippen molar-refractivity contribution < 1.29 is 9.90 Å². The normalized spacial score (nSPS) is 10.4. The van der Waals surface area contributed by atoms with E-state index in [2.05, 4.69) is 9.97 Å². The summed E-state index contributed by atoms with van der Waals surface area (Å²) in [4.78, 5) is 24.2. The molecular formula is C16H20N4O2. The molecule has 1 heterocycles. The third kappa shape index (κ3) is 3.52. The van der Waals surface area contributed by atoms with Crippen LogP contribution in [0, 0.1) is 6.92 Å². The number of aromatic nitrogens is 2. The Hall–Kier alpha value is -2.63. The van der Waals surface area contributed by atoms with E-state index in [1.165, 1.54) is 6.07 Å². The molecule has 0 aliphatic carbocycles. The Morgan fingerprint density at radius 3 is 2.36 bits per heavy atom. The van der Waals surface area contributed by atoms with Gasteiger partial charge in [0.05, 0.1) is 0 Å². The number of phenols is 1. The SMILES string of the molecule is Cc1ccc(C(=O)N(C)Cc2cnc(N(C)C)nc2)cc1O. The van der Waals surface area contributed by atoms with Crippen molar-refractivity contribution in [1.29, 1.82) is 0 Å². The highest BCUT2D eigenvalue weighted by Gasteiger charge is 2.14. The van der Waals surface area contributed by atoms with Crippen LogP contribution in [0.25, 0.3) is 0 Å². The van der Waals surface area contributed by atoms with Crippen LogP contribution >= 0.6 is 0 Å². The van der Waals surface area contributed by atoms with Crippen LogP contribution in [0.2, 0.25) is 0 Å². The molecule has 0 aliphatic heterocycles. The van der Waals surface area contributed by atoms with Crippen LogP contribution in [-0.2, 0) is 6.54 Å². The Balaban J connectivity index is 2.09. The number of rotatable bonds is 4. The van der Waals surface area contributed by atoms with Crippen LogP contribution in [0.4, 0.5) is 5.95 Å². The van der Waals surface area contributed by atoms with Crippen molar-refractivity contribution in [2.45, 2.75) is 13.5 Å². The Kier molecular flexibility index (Phi) is 4.60. The number of nitrogens with zero attached hydrogens (tertiary/aromatic N) is 4. The smallest absolute Gasteiger partial charge is 0.254 e. The lowest BCUT2D eigenvalue weighted by Gasteiger charge is -2.18. The van der Waals surface area contributed by atoms with Crippen molar-refractivity contribution in [3.05, 3.63) is 47.3 Å². The van der Waals surface area contributed by atoms with Crippen molar-refractivity contribution in [2.24, 2.45) is 0 Å². The molecule has 1 N–H and O–H groups in total. The molecule has 0 bridgehead atoms. The van der Waals surface area contributed by atoms with Gasteiger partial charge in [-0.3, -0.25) is 4.79 Å². The summed E-state index contributed by atoms with van der Waals surface area (Å²) in [6.07, 6.45) is 3.41. The summed E-state index contributed by atoms with van der Waals surface area (Å²) in [5, 5.41) is 9.71. The van der Waals surface area contributed by atoms with E-state index in [1.54, 1.807) is 43.4 Å². The quantitative estimate of drug-likeness (QED) is 0.933. The summed E-state index contributed by atoms with van der Waals surface area (Å²) >= 11 is 0. The minimum atomic E-state index is -0.160. The second-order valence-corrected chi connectivity index (χ2v) is 5.45. The molecular weight excluding hydrogens is 280 g/mol. The van der Waals surface area contributed by atoms with E-state index in [0.717, 1.165) is 11.1 Å². The summed E-state index contributed by atoms with van der Waals surface area (Å²) in [5.74, 6) is 0.589. The molecule has 2 aromatic rings. The number of carbonyl (C=O) groups excluding carboxylic acids is 1. The second kappa shape index (κ2) is 6.43. The maximum Gasteiger partial charge on any atom is 0.254 e. The summed E-state index contributed by atoms with van der Waals surface area (Å²) in [5.41, 5.74) is 2.04. The van der Waals surface area contributed by atoms with Crippen LogP contribution in [-0.4, -0.2) is 47.0 Å². The first-order valence-corrected chi connectivity index (χ1v) is 6.92. The number of anilines is 1. The molecule has 0 saturated heterocycles. The maximum atomic E-state index is 12.4. The van der Waals surface area contributed by atoms with Gasteiger partial charge in [0.1, 0.15) is 5.75 Å². The fraction of sp³-hybridized carbons (Fsp3) is 0.312. The first kappa shape index (κ1) is 15.8. The third-order valence-corrected chi connectivity index (χ3v) is 3.31. The number of benzene rings is 1. The third-order valence-electron chi connectivity index (χ3n) is 3.31. The first-order valence-electron chi connectivity index (χ1n) is 6.92. The lowest BCUT2D eigenvalue weighted by atomic mass is 10.1. The Bertz CT molecular complexity index is 668. The summed E-state index contributed by atoms with van der Waals surface area (Å²) in [6, 6.07) is 4.92. The van der Waals surface area contributed by atoms with Crippen molar-refractivity contribution in [3.63, 3.8) is 0 Å². The van der Waals surface area contributed by atoms with Crippen LogP contribution in [0.1, 0.15) is 21.5 Å². The molecule has 0 fully saturated rings. The van der Waals surface area contributed by atoms with Crippen LogP contribution in [0.3, 0.4) is 0 Å². The summed E-state index contributed by atoms with van der Waals surface area (Å²) in [7, 11) is 5.45. The highest BCUT2D eigenvalue weighted by atomic mass is 16.3. The number of aryl methyl sites for hydroxylation is 1. The van der Waals surface area contributed by atoms with Gasteiger partial charge >= 0.3 is 0 Å². The van der Waals surface area contributed by atoms with Gasteiger partial charge in [-0.25, -0.2) is 9.97 Å². The predicted octanol–water partition coefficient (Wildman–Crippen LogP) is 1.83. The first-order chi connectivity index (χ1) is 10.4. The van der Waals surface area contributed by atoms with Crippen molar-refractivity contribution in [2.75, 3.05) is 26.0 Å². The van der Waals surface area contributed by atoms with Gasteiger partial charge in [-0.2, -0.15) is 0 Å². The molecule has 22 heavy (non-hydrogen) atoms. The van der Waals surface area contributed by atoms with Gasteiger partial charge in [0.15, 0.2) is 0 Å². The van der Waals surface area contributed by atoms with E-state index in [1.807, 2.05) is 19.0 Å². The number of hydrogen-bond donors (Lipinski definition) is 1. The van der Waals surface area contributed by atoms with Gasteiger partial charge in [0.25, 0.3) is 5.91 Å². The lowest BCUT2D eigenvalue weighted by molar-refractivity contribution is 0.0784. The molecule has 0 atom stereocenters. The highest BCUT2D eigenvalue weighted by Crippen LogP contribution is 2.19. The summed E-state index contributed by atoms with van der Waals surface area (Å²) < 4.78 is 0. The van der Waals surface area contributed by atoms with Gasteiger partial charge in [0.2, 0.25) is 5.95 Å². The fourth-order valence-corrected chi connectivity index (χ4v) is 1.97. The Morgan fingerprint density at radius 2 is 1.82 bits per heavy atom. The standard InChI is InChI=1S/C16H20N4O2/c1-11-5-6-13(7-14(11)21)15(22)20(4)10-12-8-17-16(18-9-12)19(2)3/h5-9,21H,10H2,1-4H3. The van der Waals surface area contributed by atoms with E-state index in [4.69, 9.17) is 0 Å². The van der Waals surface area contributed by atoms with Crippen molar-refractivity contribution in [3.8, 4) is 5.75 Å². The van der Waals surface area contributed by atoms with Gasteiger partial charge in [-0.05, 0) is 24.6 Å². The van der Waals surface area contributed by atoms with E-state index < -0.39 is 0 Å². The maximum absolute atomic E-state index is 12.4. The number of hydrogen-bond acceptors (Lipinski definition) is 5. The largest absolute Gasteiger partial charge is 0.508 e. The molecule has 0 radical (unpaired) electrons. The fourth-order valence-electron chi connectivity index (χ4n) is 1.97. The molecule has 2 rings (SSSR count). The minimum Gasteiger partial charge on any atom is -0.508 e. The van der Waals surface area contributed by atoms with Gasteiger partial charge in [0, 0.05) is 51.2 Å². The van der Waals surface area contributed by atoms with Crippen LogP contribution in [0.15, 0.2) is 30.6 Å². The second-order valence-electron chi connectivity index (χ2n) is 5.45. The van der Waals surface area contributed by atoms with E-state index >= 15 is 0 Å². The predicted molar refractivity (Wildman–Crippen MR) is 85.0 cm³/mol. The Morgan fingerprint density at radius 1 is 1.18 bits per heavy atom. The minimum absolute atomic E-state index is 0.123. The average molecular weight is 300 g/mol. The van der Waals surface area contributed by atoms with E-state index in [9.17, 15) is 9.90 Å². The van der Waals surface area contributed by atoms with Gasteiger partial charge < -0.3 is 14.9 Å². The Labute approximate surface area is 130 Å². The molecule has 1 aromatic heterocycles. The molecule has 0 spiro atoms. The van der Waals surface area contributed by atoms with Gasteiger partial charge in [-0.1, -0.05) is 6.07 Å². The molecule has 6 heteroatoms. The topological polar surface area (TPSA) is 69.6 Å². The molecule has 0 saturated carbocycles. The number of aromatic hydroxyl groups is 1. The van der Waals surface area contributed by atoms with E-state index in [-0.39, 0.29) is 11.7 Å². The average Bonchev–Trinajstić information content (AvgIpc) is 2.49. The number of amides is 1. The molecule has 1 amide bonds. The molecule has 6 nitrogen and oxygen atoms in total. The zero-order valence-corrected chi connectivity index (χ0v) is 13.2.